The van der Waals surface area contributed by atoms with Crippen molar-refractivity contribution in [2.45, 2.75) is 18.4 Å². The minimum atomic E-state index is -0.387. The maximum Gasteiger partial charge on any atom is 0.337 e. The Morgan fingerprint density at radius 1 is 1.26 bits per heavy atom. The molecule has 1 aliphatic heterocycles. The number of allylic oxidation sites excluding steroid dienone is 2. The molecule has 27 heavy (non-hydrogen) atoms. The minimum Gasteiger partial charge on any atom is -0.465 e. The molecule has 138 valence electrons. The van der Waals surface area contributed by atoms with Crippen LogP contribution in [0.2, 0.25) is 5.02 Å². The van der Waals surface area contributed by atoms with E-state index in [2.05, 4.69) is 11.4 Å². The highest BCUT2D eigenvalue weighted by Crippen LogP contribution is 2.54. The number of methoxy groups -OCH3 is 1. The molecular formula is C20H17ClN2O4. The molecule has 0 amide bonds. The summed E-state index contributed by atoms with van der Waals surface area (Å²) in [4.78, 5) is 22.8. The van der Waals surface area contributed by atoms with Crippen molar-refractivity contribution in [2.75, 3.05) is 12.4 Å². The number of hydrogen-bond donors (Lipinski definition) is 1. The van der Waals surface area contributed by atoms with E-state index < -0.39 is 0 Å². The number of fused-ring (bicyclic) bond motifs is 3. The number of hydrogen-bond acceptors (Lipinski definition) is 5. The summed E-state index contributed by atoms with van der Waals surface area (Å²) in [7, 11) is 1.35. The van der Waals surface area contributed by atoms with Gasteiger partial charge in [-0.1, -0.05) is 35.9 Å². The van der Waals surface area contributed by atoms with Gasteiger partial charge in [-0.2, -0.15) is 0 Å². The summed E-state index contributed by atoms with van der Waals surface area (Å²) >= 11 is 6.38. The van der Waals surface area contributed by atoms with Crippen LogP contribution in [0.4, 0.5) is 11.4 Å². The molecule has 0 radical (unpaired) electrons. The molecule has 1 N–H and O–H groups in total. The standard InChI is InChI=1S/C20H17ClN2O4/c1-27-20(24)12-7-5-11(6-8-12)18-14-4-2-3-13(14)17-16(23(25)26)10-9-15(21)19(17)22-18/h2-3,5-10,13-14,18,22H,4H2,1H3/t13-,14+,18+/m1/s1. The molecule has 7 heteroatoms. The molecule has 3 atom stereocenters. The minimum absolute atomic E-state index is 0.0660. The molecule has 0 aromatic heterocycles. The molecule has 6 nitrogen and oxygen atoms in total. The zero-order valence-electron chi connectivity index (χ0n) is 14.5. The van der Waals surface area contributed by atoms with Crippen molar-refractivity contribution >= 4 is 28.9 Å². The quantitative estimate of drug-likeness (QED) is 0.353. The number of carbonyl (C=O) groups excluding carboxylic acids is 1. The molecule has 1 aliphatic carbocycles. The summed E-state index contributed by atoms with van der Waals surface area (Å²) in [5, 5.41) is 15.4. The van der Waals surface area contributed by atoms with Gasteiger partial charge < -0.3 is 10.1 Å². The summed E-state index contributed by atoms with van der Waals surface area (Å²) in [5.74, 6) is -0.327. The Labute approximate surface area is 160 Å². The maximum atomic E-state index is 11.7. The molecule has 2 aromatic rings. The van der Waals surface area contributed by atoms with Gasteiger partial charge in [0.2, 0.25) is 0 Å². The summed E-state index contributed by atoms with van der Waals surface area (Å²) in [6.45, 7) is 0. The molecule has 2 aromatic carbocycles. The van der Waals surface area contributed by atoms with Crippen LogP contribution in [0.15, 0.2) is 48.6 Å². The lowest BCUT2D eigenvalue weighted by molar-refractivity contribution is -0.385. The van der Waals surface area contributed by atoms with Crippen LogP contribution in [-0.2, 0) is 4.74 Å². The highest BCUT2D eigenvalue weighted by Gasteiger charge is 2.42. The van der Waals surface area contributed by atoms with E-state index in [-0.39, 0.29) is 34.5 Å². The second kappa shape index (κ2) is 6.70. The number of nitrogens with one attached hydrogen (secondary N) is 1. The monoisotopic (exact) mass is 384 g/mol. The van der Waals surface area contributed by atoms with Gasteiger partial charge in [0, 0.05) is 12.0 Å². The number of nitro groups is 1. The first-order chi connectivity index (χ1) is 13.0. The van der Waals surface area contributed by atoms with Gasteiger partial charge in [0.25, 0.3) is 5.69 Å². The molecule has 0 saturated carbocycles. The van der Waals surface area contributed by atoms with Crippen molar-refractivity contribution in [1.82, 2.24) is 0 Å². The van der Waals surface area contributed by atoms with Gasteiger partial charge in [-0.3, -0.25) is 10.1 Å². The van der Waals surface area contributed by atoms with Crippen molar-refractivity contribution in [2.24, 2.45) is 5.92 Å². The van der Waals surface area contributed by atoms with Crippen molar-refractivity contribution < 1.29 is 14.5 Å². The fourth-order valence-electron chi connectivity index (χ4n) is 4.09. The molecular weight excluding hydrogens is 368 g/mol. The molecule has 0 bridgehead atoms. The van der Waals surface area contributed by atoms with E-state index in [9.17, 15) is 14.9 Å². The van der Waals surface area contributed by atoms with Crippen molar-refractivity contribution in [3.63, 3.8) is 0 Å². The van der Waals surface area contributed by atoms with Crippen LogP contribution in [-0.4, -0.2) is 18.0 Å². The number of carbonyl (C=O) groups is 1. The predicted molar refractivity (Wildman–Crippen MR) is 102 cm³/mol. The third-order valence-corrected chi connectivity index (χ3v) is 5.65. The highest BCUT2D eigenvalue weighted by molar-refractivity contribution is 6.33. The van der Waals surface area contributed by atoms with Gasteiger partial charge >= 0.3 is 5.97 Å². The number of rotatable bonds is 3. The predicted octanol–water partition coefficient (Wildman–Crippen LogP) is 4.86. The van der Waals surface area contributed by atoms with E-state index in [0.29, 0.717) is 21.8 Å². The molecule has 0 saturated heterocycles. The Morgan fingerprint density at radius 3 is 2.67 bits per heavy atom. The Morgan fingerprint density at radius 2 is 2.00 bits per heavy atom. The third-order valence-electron chi connectivity index (χ3n) is 5.33. The van der Waals surface area contributed by atoms with E-state index in [1.54, 1.807) is 18.2 Å². The summed E-state index contributed by atoms with van der Waals surface area (Å²) in [6, 6.07) is 10.2. The van der Waals surface area contributed by atoms with Crippen LogP contribution < -0.4 is 5.32 Å². The number of esters is 1. The summed E-state index contributed by atoms with van der Waals surface area (Å²) in [6.07, 6.45) is 4.90. The fourth-order valence-corrected chi connectivity index (χ4v) is 4.31. The molecule has 0 fully saturated rings. The van der Waals surface area contributed by atoms with Crippen LogP contribution >= 0.6 is 11.6 Å². The maximum absolute atomic E-state index is 11.7. The Hall–Kier alpha value is -2.86. The summed E-state index contributed by atoms with van der Waals surface area (Å²) in [5.41, 5.74) is 2.82. The van der Waals surface area contributed by atoms with Gasteiger partial charge in [0.15, 0.2) is 0 Å². The van der Waals surface area contributed by atoms with Crippen LogP contribution in [0.5, 0.6) is 0 Å². The lowest BCUT2D eigenvalue weighted by Gasteiger charge is -2.37. The number of nitrogens with zero attached hydrogens (tertiary/aromatic N) is 1. The normalized spacial score (nSPS) is 22.5. The molecule has 2 aliphatic rings. The van der Waals surface area contributed by atoms with Gasteiger partial charge in [0.1, 0.15) is 0 Å². The molecule has 0 spiro atoms. The Bertz CT molecular complexity index is 955. The fraction of sp³-hybridized carbons (Fsp3) is 0.250. The topological polar surface area (TPSA) is 81.5 Å². The number of benzene rings is 2. The third kappa shape index (κ3) is 2.86. The zero-order chi connectivity index (χ0) is 19.1. The highest BCUT2D eigenvalue weighted by atomic mass is 35.5. The molecule has 0 unspecified atom stereocenters. The largest absolute Gasteiger partial charge is 0.465 e. The number of ether oxygens (including phenoxy) is 1. The first-order valence-electron chi connectivity index (χ1n) is 8.59. The van der Waals surface area contributed by atoms with E-state index in [0.717, 1.165) is 12.0 Å². The van der Waals surface area contributed by atoms with Crippen molar-refractivity contribution in [3.8, 4) is 0 Å². The Kier molecular flexibility index (Phi) is 4.36. The van der Waals surface area contributed by atoms with Crippen molar-refractivity contribution in [1.29, 1.82) is 0 Å². The van der Waals surface area contributed by atoms with E-state index in [1.807, 2.05) is 18.2 Å². The van der Waals surface area contributed by atoms with E-state index in [1.165, 1.54) is 13.2 Å². The number of halogens is 1. The van der Waals surface area contributed by atoms with Gasteiger partial charge in [0.05, 0.1) is 39.9 Å². The average Bonchev–Trinajstić information content (AvgIpc) is 3.17. The molecule has 1 heterocycles. The second-order valence-corrected chi connectivity index (χ2v) is 7.11. The lowest BCUT2D eigenvalue weighted by atomic mass is 9.76. The zero-order valence-corrected chi connectivity index (χ0v) is 15.3. The van der Waals surface area contributed by atoms with Crippen molar-refractivity contribution in [3.05, 3.63) is 80.4 Å². The van der Waals surface area contributed by atoms with Crippen LogP contribution in [0.25, 0.3) is 0 Å². The number of anilines is 1. The van der Waals surface area contributed by atoms with Crippen LogP contribution in [0, 0.1) is 16.0 Å². The van der Waals surface area contributed by atoms with Crippen LogP contribution in [0.3, 0.4) is 0 Å². The smallest absolute Gasteiger partial charge is 0.337 e. The Balaban J connectivity index is 1.77. The average molecular weight is 385 g/mol. The first-order valence-corrected chi connectivity index (χ1v) is 8.97. The first kappa shape index (κ1) is 17.5. The lowest BCUT2D eigenvalue weighted by Crippen LogP contribution is -2.30. The number of nitro benzene ring substituents is 1. The van der Waals surface area contributed by atoms with Gasteiger partial charge in [-0.05, 0) is 36.1 Å². The summed E-state index contributed by atoms with van der Waals surface area (Å²) < 4.78 is 4.74. The van der Waals surface area contributed by atoms with E-state index in [4.69, 9.17) is 16.3 Å². The van der Waals surface area contributed by atoms with Gasteiger partial charge in [-0.25, -0.2) is 4.79 Å². The van der Waals surface area contributed by atoms with Gasteiger partial charge in [-0.15, -0.1) is 0 Å². The molecule has 4 rings (SSSR count). The SMILES string of the molecule is COC(=O)c1ccc([C@@H]2Nc3c(Cl)ccc([N+](=O)[O-])c3[C@@H]3C=CC[C@@H]32)cc1. The van der Waals surface area contributed by atoms with Crippen LogP contribution in [0.1, 0.15) is 39.9 Å². The van der Waals surface area contributed by atoms with E-state index >= 15 is 0 Å². The second-order valence-electron chi connectivity index (χ2n) is 6.70.